The molecular weight excluding hydrogens is 330 g/mol. The average molecular weight is 349 g/mol. The zero-order valence-electron chi connectivity index (χ0n) is 14.0. The molecule has 3 nitrogen and oxygen atoms in total. The molecular formula is C21H19NO2S. The van der Waals surface area contributed by atoms with Gasteiger partial charge in [-0.1, -0.05) is 73.3 Å². The van der Waals surface area contributed by atoms with Crippen LogP contribution in [0.4, 0.5) is 0 Å². The number of Topliss-reactive ketones (excluding diaryl/α,β-unsaturated/α-hetero) is 1. The molecule has 0 saturated carbocycles. The number of carbonyl (C=O) groups is 2. The highest BCUT2D eigenvalue weighted by Crippen LogP contribution is 2.46. The first-order valence-electron chi connectivity index (χ1n) is 8.56. The standard InChI is InChI=1S/C21H19NO2S/c1-2-25-21(24)16-12-22-19-14-10-6-7-11-15(14)20(23)18(19)17(16)13-8-4-3-5-9-13/h3-11,16-17,22H,2,12H2,1H3/t16-,17-/m1/s1. The largest absolute Gasteiger partial charge is 0.383 e. The van der Waals surface area contributed by atoms with E-state index in [2.05, 4.69) is 5.32 Å². The van der Waals surface area contributed by atoms with Crippen molar-refractivity contribution < 1.29 is 9.59 Å². The minimum absolute atomic E-state index is 0.0472. The highest BCUT2D eigenvalue weighted by Gasteiger charge is 2.44. The summed E-state index contributed by atoms with van der Waals surface area (Å²) in [5, 5.41) is 3.53. The Morgan fingerprint density at radius 3 is 2.48 bits per heavy atom. The highest BCUT2D eigenvalue weighted by molar-refractivity contribution is 8.13. The fraction of sp³-hybridized carbons (Fsp3) is 0.238. The molecule has 1 heterocycles. The van der Waals surface area contributed by atoms with Gasteiger partial charge in [0.25, 0.3) is 0 Å². The maximum absolute atomic E-state index is 13.1. The predicted octanol–water partition coefficient (Wildman–Crippen LogP) is 3.88. The number of ketones is 1. The molecule has 2 atom stereocenters. The molecule has 1 aliphatic carbocycles. The van der Waals surface area contributed by atoms with E-state index in [1.165, 1.54) is 11.8 Å². The second-order valence-corrected chi connectivity index (χ2v) is 7.56. The third kappa shape index (κ3) is 2.61. The number of thioether (sulfide) groups is 1. The van der Waals surface area contributed by atoms with E-state index < -0.39 is 0 Å². The van der Waals surface area contributed by atoms with Crippen LogP contribution in [0.3, 0.4) is 0 Å². The molecule has 25 heavy (non-hydrogen) atoms. The first-order chi connectivity index (χ1) is 12.2. The average Bonchev–Trinajstić information content (AvgIpc) is 2.95. The number of benzene rings is 2. The van der Waals surface area contributed by atoms with Gasteiger partial charge in [0.05, 0.1) is 5.92 Å². The van der Waals surface area contributed by atoms with Gasteiger partial charge in [0.15, 0.2) is 10.9 Å². The Hall–Kier alpha value is -2.33. The Kier molecular flexibility index (Phi) is 4.22. The quantitative estimate of drug-likeness (QED) is 0.913. The zero-order chi connectivity index (χ0) is 17.4. The van der Waals surface area contributed by atoms with E-state index >= 15 is 0 Å². The number of fused-ring (bicyclic) bond motifs is 2. The van der Waals surface area contributed by atoms with Gasteiger partial charge >= 0.3 is 0 Å². The zero-order valence-corrected chi connectivity index (χ0v) is 14.8. The number of carbonyl (C=O) groups excluding carboxylic acids is 2. The van der Waals surface area contributed by atoms with Crippen LogP contribution in [-0.4, -0.2) is 23.2 Å². The van der Waals surface area contributed by atoms with Crippen molar-refractivity contribution >= 4 is 28.4 Å². The van der Waals surface area contributed by atoms with Crippen molar-refractivity contribution in [1.29, 1.82) is 0 Å². The van der Waals surface area contributed by atoms with Gasteiger partial charge in [-0.05, 0) is 11.3 Å². The van der Waals surface area contributed by atoms with Crippen molar-refractivity contribution in [3.05, 3.63) is 76.9 Å². The van der Waals surface area contributed by atoms with Crippen molar-refractivity contribution in [3.8, 4) is 0 Å². The molecule has 126 valence electrons. The van der Waals surface area contributed by atoms with Crippen LogP contribution in [0.25, 0.3) is 5.70 Å². The van der Waals surface area contributed by atoms with Crippen LogP contribution in [0.2, 0.25) is 0 Å². The van der Waals surface area contributed by atoms with Crippen LogP contribution < -0.4 is 5.32 Å². The van der Waals surface area contributed by atoms with Gasteiger partial charge in [-0.15, -0.1) is 0 Å². The van der Waals surface area contributed by atoms with Crippen molar-refractivity contribution in [3.63, 3.8) is 0 Å². The number of rotatable bonds is 3. The molecule has 0 spiro atoms. The van der Waals surface area contributed by atoms with E-state index in [4.69, 9.17) is 0 Å². The summed E-state index contributed by atoms with van der Waals surface area (Å²) in [5.74, 6) is 0.371. The van der Waals surface area contributed by atoms with Crippen LogP contribution in [0.15, 0.2) is 60.2 Å². The van der Waals surface area contributed by atoms with E-state index in [0.29, 0.717) is 6.54 Å². The normalized spacial score (nSPS) is 21.6. The summed E-state index contributed by atoms with van der Waals surface area (Å²) in [6.07, 6.45) is 0. The van der Waals surface area contributed by atoms with Crippen molar-refractivity contribution in [1.82, 2.24) is 5.32 Å². The molecule has 4 heteroatoms. The summed E-state index contributed by atoms with van der Waals surface area (Å²) in [5.41, 5.74) is 4.37. The first kappa shape index (κ1) is 16.2. The van der Waals surface area contributed by atoms with Crippen molar-refractivity contribution in [2.75, 3.05) is 12.3 Å². The second kappa shape index (κ2) is 6.52. The SMILES string of the molecule is CCSC(=O)[C@@H]1CNC2=C(C(=O)c3ccccc32)[C@@H]1c1ccccc1. The third-order valence-electron chi connectivity index (χ3n) is 4.92. The summed E-state index contributed by atoms with van der Waals surface area (Å²) in [6, 6.07) is 17.6. The fourth-order valence-corrected chi connectivity index (χ4v) is 4.57. The van der Waals surface area contributed by atoms with Gasteiger partial charge in [0.1, 0.15) is 0 Å². The lowest BCUT2D eigenvalue weighted by molar-refractivity contribution is -0.114. The molecule has 2 aliphatic rings. The molecule has 0 fully saturated rings. The smallest absolute Gasteiger partial charge is 0.194 e. The van der Waals surface area contributed by atoms with Gasteiger partial charge in [-0.3, -0.25) is 9.59 Å². The van der Waals surface area contributed by atoms with Crippen molar-refractivity contribution in [2.24, 2.45) is 5.92 Å². The lowest BCUT2D eigenvalue weighted by Gasteiger charge is -2.33. The second-order valence-electron chi connectivity index (χ2n) is 6.29. The van der Waals surface area contributed by atoms with Crippen molar-refractivity contribution in [2.45, 2.75) is 12.8 Å². The molecule has 1 N–H and O–H groups in total. The third-order valence-corrected chi connectivity index (χ3v) is 5.79. The maximum Gasteiger partial charge on any atom is 0.194 e. The minimum Gasteiger partial charge on any atom is -0.383 e. The summed E-state index contributed by atoms with van der Waals surface area (Å²) < 4.78 is 0. The Balaban J connectivity index is 1.86. The lowest BCUT2D eigenvalue weighted by atomic mass is 9.77. The summed E-state index contributed by atoms with van der Waals surface area (Å²) in [7, 11) is 0. The first-order valence-corrected chi connectivity index (χ1v) is 9.54. The van der Waals surface area contributed by atoms with Gasteiger partial charge in [-0.25, -0.2) is 0 Å². The molecule has 0 unspecified atom stereocenters. The summed E-state index contributed by atoms with van der Waals surface area (Å²) >= 11 is 1.34. The fourth-order valence-electron chi connectivity index (χ4n) is 3.85. The van der Waals surface area contributed by atoms with Crippen LogP contribution in [0, 0.1) is 5.92 Å². The topological polar surface area (TPSA) is 46.2 Å². The maximum atomic E-state index is 13.1. The number of allylic oxidation sites excluding steroid dienone is 1. The van der Waals surface area contributed by atoms with E-state index in [1.807, 2.05) is 61.5 Å². The number of hydrogen-bond acceptors (Lipinski definition) is 4. The monoisotopic (exact) mass is 349 g/mol. The molecule has 2 aromatic carbocycles. The summed E-state index contributed by atoms with van der Waals surface area (Å²) in [6.45, 7) is 2.55. The molecule has 2 aromatic rings. The molecule has 0 saturated heterocycles. The van der Waals surface area contributed by atoms with Gasteiger partial charge in [-0.2, -0.15) is 0 Å². The van der Waals surface area contributed by atoms with E-state index in [-0.39, 0.29) is 22.7 Å². The van der Waals surface area contributed by atoms with E-state index in [1.54, 1.807) is 0 Å². The minimum atomic E-state index is -0.232. The molecule has 4 rings (SSSR count). The highest BCUT2D eigenvalue weighted by atomic mass is 32.2. The Labute approximate surface area is 151 Å². The van der Waals surface area contributed by atoms with Crippen LogP contribution in [-0.2, 0) is 4.79 Å². The van der Waals surface area contributed by atoms with Crippen LogP contribution in [0.5, 0.6) is 0 Å². The number of hydrogen-bond donors (Lipinski definition) is 1. The van der Waals surface area contributed by atoms with E-state index in [0.717, 1.165) is 33.7 Å². The van der Waals surface area contributed by atoms with Gasteiger partial charge in [0.2, 0.25) is 0 Å². The Morgan fingerprint density at radius 2 is 1.76 bits per heavy atom. The van der Waals surface area contributed by atoms with Gasteiger partial charge in [0, 0.05) is 34.9 Å². The predicted molar refractivity (Wildman–Crippen MR) is 102 cm³/mol. The lowest BCUT2D eigenvalue weighted by Crippen LogP contribution is -2.38. The Bertz CT molecular complexity index is 872. The molecule has 1 aliphatic heterocycles. The van der Waals surface area contributed by atoms with Crippen LogP contribution in [0.1, 0.15) is 34.3 Å². The van der Waals surface area contributed by atoms with Gasteiger partial charge < -0.3 is 5.32 Å². The summed E-state index contributed by atoms with van der Waals surface area (Å²) in [4.78, 5) is 25.9. The molecule has 0 amide bonds. The van der Waals surface area contributed by atoms with E-state index in [9.17, 15) is 9.59 Å². The van der Waals surface area contributed by atoms with Crippen LogP contribution >= 0.6 is 11.8 Å². The number of nitrogens with one attached hydrogen (secondary N) is 1. The molecule has 0 radical (unpaired) electrons. The Morgan fingerprint density at radius 1 is 1.08 bits per heavy atom. The molecule has 0 aromatic heterocycles. The molecule has 0 bridgehead atoms.